The summed E-state index contributed by atoms with van der Waals surface area (Å²) < 4.78 is 7.90. The Morgan fingerprint density at radius 1 is 0.158 bits per heavy atom. The first kappa shape index (κ1) is 83.9. The number of anilines is 15. The number of fused-ring (bicyclic) bond motifs is 13. The van der Waals surface area contributed by atoms with Gasteiger partial charge in [-0.15, -0.1) is 11.3 Å². The van der Waals surface area contributed by atoms with E-state index in [9.17, 15) is 0 Å². The summed E-state index contributed by atoms with van der Waals surface area (Å²) in [7, 11) is 0. The Morgan fingerprint density at radius 2 is 0.468 bits per heavy atom. The van der Waals surface area contributed by atoms with Gasteiger partial charge in [-0.25, -0.2) is 0 Å². The third-order valence-electron chi connectivity index (χ3n) is 27.2. The predicted molar refractivity (Wildman–Crippen MR) is 599 cm³/mol. The van der Waals surface area contributed by atoms with Gasteiger partial charge >= 0.3 is 202 Å². The molecule has 0 saturated heterocycles. The summed E-state index contributed by atoms with van der Waals surface area (Å²) in [6, 6.07) is 195. The third kappa shape index (κ3) is 15.9. The van der Waals surface area contributed by atoms with Crippen LogP contribution in [0, 0.1) is 0 Å². The molecule has 0 N–H and O–H groups in total. The fourth-order valence-corrected chi connectivity index (χ4v) is 25.3. The van der Waals surface area contributed by atoms with Gasteiger partial charge in [0.05, 0.1) is 22.7 Å². The number of rotatable bonds is 20. The Morgan fingerprint density at radius 3 is 1.01 bits per heavy atom. The van der Waals surface area contributed by atoms with Crippen LogP contribution in [0.2, 0.25) is 0 Å². The zero-order chi connectivity index (χ0) is 92.1. The van der Waals surface area contributed by atoms with Crippen LogP contribution in [-0.4, -0.2) is 14.5 Å². The van der Waals surface area contributed by atoms with Gasteiger partial charge in [-0.3, -0.25) is 0 Å². The molecule has 0 aliphatic rings. The van der Waals surface area contributed by atoms with Gasteiger partial charge in [0, 0.05) is 82.1 Å². The van der Waals surface area contributed by atoms with Crippen molar-refractivity contribution in [2.45, 2.75) is 5.92 Å². The molecule has 5 nitrogen and oxygen atoms in total. The molecule has 23 aromatic carbocycles. The summed E-state index contributed by atoms with van der Waals surface area (Å²) in [6.45, 7) is 0. The fourth-order valence-electron chi connectivity index (χ4n) is 20.7. The maximum absolute atomic E-state index is 2.46. The molecule has 1 unspecified atom stereocenters. The average Bonchev–Trinajstić information content (AvgIpc) is 1.72. The van der Waals surface area contributed by atoms with Crippen LogP contribution in [0.1, 0.15) is 22.6 Å². The van der Waals surface area contributed by atoms with Gasteiger partial charge in [0.25, 0.3) is 0 Å². The first-order valence-corrected chi connectivity index (χ1v) is 50.7. The van der Waals surface area contributed by atoms with Gasteiger partial charge in [0.2, 0.25) is 0 Å². The molecular weight excluding hydrogens is 1790 g/mol. The van der Waals surface area contributed by atoms with Crippen LogP contribution < -0.4 is 24.5 Å². The molecule has 26 aromatic rings. The fraction of sp³-hybridized carbons (Fsp3) is 0.00763. The number of benzene rings is 23. The van der Waals surface area contributed by atoms with Gasteiger partial charge in [0.1, 0.15) is 0 Å². The molecular formula is C131H89N5S2Se. The Labute approximate surface area is 821 Å². The minimum absolute atomic E-state index is 0.0611. The second-order valence-electron chi connectivity index (χ2n) is 35.4. The first-order valence-electron chi connectivity index (χ1n) is 47.3. The summed E-state index contributed by atoms with van der Waals surface area (Å²) in [5.41, 5.74) is 25.5. The summed E-state index contributed by atoms with van der Waals surface area (Å²) in [5.74, 6) is -0.0611. The van der Waals surface area contributed by atoms with Gasteiger partial charge in [-0.05, 0) is 175 Å². The average molecular weight is 1880 g/mol. The number of hydrogen-bond donors (Lipinski definition) is 0. The van der Waals surface area contributed by atoms with Crippen molar-refractivity contribution in [3.05, 3.63) is 551 Å². The monoisotopic (exact) mass is 1880 g/mol. The third-order valence-corrected chi connectivity index (χ3v) is 31.8. The first-order chi connectivity index (χ1) is 68.9. The Bertz CT molecular complexity index is 8990. The van der Waals surface area contributed by atoms with E-state index in [-0.39, 0.29) is 5.92 Å². The molecule has 1 atom stereocenters. The number of nitrogens with zero attached hydrogens (tertiary/aromatic N) is 5. The zero-order valence-corrected chi connectivity index (χ0v) is 79.2. The van der Waals surface area contributed by atoms with E-state index in [1.165, 1.54) is 147 Å². The SMILES string of the molecule is c1ccc(-c2ccc(C(c3ccccc3N(c3ccccc3)c3ccc4c(c3)sc3cc(N(c5ccc(-c6ccccc6)cc5)c5cccc6ccccc56)ccc34)c3cccc4ccccc34)cc2)cc1.c1ccc(N(c2ccc3c(c2)sc2cc(N(c4ccc5ccccc5c4)c4cccc5c(N(c6ccccc6)c6ccccc6)cccc45)ccc23)c2ccc3[se]c4ccccc4c3c2)cc1. The minimum atomic E-state index is -0.0611. The molecule has 0 aliphatic heterocycles. The van der Waals surface area contributed by atoms with Crippen LogP contribution in [0.5, 0.6) is 0 Å². The van der Waals surface area contributed by atoms with Crippen molar-refractivity contribution in [3.8, 4) is 22.3 Å². The number of para-hydroxylation sites is 5. The van der Waals surface area contributed by atoms with Crippen LogP contribution in [0.4, 0.5) is 85.3 Å². The van der Waals surface area contributed by atoms with Crippen LogP contribution in [-0.2, 0) is 0 Å². The van der Waals surface area contributed by atoms with E-state index in [1.54, 1.807) is 0 Å². The van der Waals surface area contributed by atoms with Crippen LogP contribution in [0.15, 0.2) is 534 Å². The van der Waals surface area contributed by atoms with E-state index in [0.29, 0.717) is 14.5 Å². The van der Waals surface area contributed by atoms with Crippen molar-refractivity contribution in [1.29, 1.82) is 0 Å². The number of hydrogen-bond acceptors (Lipinski definition) is 7. The van der Waals surface area contributed by atoms with Crippen LogP contribution >= 0.6 is 22.7 Å². The van der Waals surface area contributed by atoms with E-state index in [1.807, 2.05) is 22.7 Å². The van der Waals surface area contributed by atoms with Crippen LogP contribution in [0.3, 0.4) is 0 Å². The van der Waals surface area contributed by atoms with Crippen LogP contribution in [0.25, 0.3) is 125 Å². The molecule has 8 heteroatoms. The molecule has 3 aromatic heterocycles. The summed E-state index contributed by atoms with van der Waals surface area (Å²) in [6.07, 6.45) is 0. The van der Waals surface area contributed by atoms with Gasteiger partial charge < -0.3 is 19.6 Å². The van der Waals surface area contributed by atoms with E-state index < -0.39 is 0 Å². The van der Waals surface area contributed by atoms with E-state index in [2.05, 4.69) is 558 Å². The van der Waals surface area contributed by atoms with Crippen molar-refractivity contribution in [1.82, 2.24) is 0 Å². The zero-order valence-electron chi connectivity index (χ0n) is 75.8. The molecule has 139 heavy (non-hydrogen) atoms. The normalized spacial score (nSPS) is 11.7. The van der Waals surface area contributed by atoms with Gasteiger partial charge in [-0.1, -0.05) is 315 Å². The molecule has 0 spiro atoms. The Hall–Kier alpha value is -16.9. The van der Waals surface area contributed by atoms with Crippen molar-refractivity contribution in [2.24, 2.45) is 0 Å². The second kappa shape index (κ2) is 36.7. The molecule has 3 heterocycles. The summed E-state index contributed by atoms with van der Waals surface area (Å²) in [4.78, 5) is 12.1. The van der Waals surface area contributed by atoms with E-state index in [0.717, 1.165) is 79.6 Å². The summed E-state index contributed by atoms with van der Waals surface area (Å²) >= 11 is 4.05. The van der Waals surface area contributed by atoms with Gasteiger partial charge in [0.15, 0.2) is 0 Å². The van der Waals surface area contributed by atoms with Crippen molar-refractivity contribution >= 4 is 225 Å². The number of thiophene rings is 2. The molecule has 0 radical (unpaired) electrons. The Balaban J connectivity index is 0.000000147. The van der Waals surface area contributed by atoms with Crippen molar-refractivity contribution < 1.29 is 0 Å². The van der Waals surface area contributed by atoms with E-state index in [4.69, 9.17) is 0 Å². The Kier molecular flexibility index (Phi) is 22.1. The topological polar surface area (TPSA) is 16.2 Å². The molecule has 656 valence electrons. The van der Waals surface area contributed by atoms with Crippen molar-refractivity contribution in [2.75, 3.05) is 24.5 Å². The molecule has 0 aliphatic carbocycles. The molecule has 0 fully saturated rings. The molecule has 0 saturated carbocycles. The molecule has 0 bridgehead atoms. The second-order valence-corrected chi connectivity index (χ2v) is 39.8. The molecule has 0 amide bonds. The van der Waals surface area contributed by atoms with Gasteiger partial charge in [-0.2, -0.15) is 0 Å². The van der Waals surface area contributed by atoms with E-state index >= 15 is 0 Å². The van der Waals surface area contributed by atoms with Crippen molar-refractivity contribution in [3.63, 3.8) is 0 Å². The summed E-state index contributed by atoms with van der Waals surface area (Å²) in [5, 5.41) is 17.4. The maximum atomic E-state index is 2.46. The standard InChI is InChI=1S/C69H48N2S.C62H41N3SSe/c1-4-18-48(19-5-1)50-34-36-54(37-35-50)69(63-31-16-24-52-22-10-12-28-59(52)63)64-30-14-15-32-66(64)70(55-26-8-3-9-27-55)57-42-44-61-62-45-43-58(47-68(62)72-67(61)46-57)71(65-33-17-25-53-23-11-13-29-60(53)65)56-40-38-51(39-41-56)49-20-6-2-7-21-49;1-4-18-44(19-5-1)63(48-34-37-62-56(39-48)55-24-12-13-29-61(55)67-62)49-32-35-53-54-36-33-50(41-60(54)66-59(53)40-49)65(47-31-30-42-16-10-11-17-43(42)38-47)58-28-15-25-51-52(58)26-14-27-57(51)64(45-20-6-2-7-21-45)46-22-8-3-9-23-46/h1-47,69H;1-41H. The quantitative estimate of drug-likeness (QED) is 0.0557. The predicted octanol–water partition coefficient (Wildman–Crippen LogP) is 37.9. The molecule has 26 rings (SSSR count).